The Labute approximate surface area is 195 Å². The molecule has 1 saturated heterocycles. The van der Waals surface area contributed by atoms with Crippen LogP contribution >= 0.6 is 0 Å². The number of piperazine rings is 1. The van der Waals surface area contributed by atoms with E-state index < -0.39 is 11.6 Å². The van der Waals surface area contributed by atoms with Crippen molar-refractivity contribution >= 4 is 28.7 Å². The molecule has 0 bridgehead atoms. The first-order valence-electron chi connectivity index (χ1n) is 11.0. The summed E-state index contributed by atoms with van der Waals surface area (Å²) in [5.74, 6) is -0.191. The number of amides is 1. The van der Waals surface area contributed by atoms with E-state index in [1.54, 1.807) is 19.3 Å². The SMILES string of the molecule is Cc1cc(F)ccc1NC(=O)Cn1nc2c(N3CCN(c4ccccc4)CC3)nccn2c1=O. The van der Waals surface area contributed by atoms with Gasteiger partial charge in [0.05, 0.1) is 0 Å². The van der Waals surface area contributed by atoms with Crippen molar-refractivity contribution in [2.24, 2.45) is 0 Å². The molecule has 0 radical (unpaired) electrons. The zero-order valence-electron chi connectivity index (χ0n) is 18.7. The number of fused-ring (bicyclic) bond motifs is 1. The normalized spacial score (nSPS) is 13.9. The molecule has 174 valence electrons. The molecule has 1 N–H and O–H groups in total. The lowest BCUT2D eigenvalue weighted by molar-refractivity contribution is -0.117. The smallest absolute Gasteiger partial charge is 0.350 e. The van der Waals surface area contributed by atoms with Crippen LogP contribution in [0, 0.1) is 12.7 Å². The monoisotopic (exact) mass is 461 g/mol. The van der Waals surface area contributed by atoms with Crippen molar-refractivity contribution in [3.63, 3.8) is 0 Å². The fraction of sp³-hybridized carbons (Fsp3) is 0.250. The van der Waals surface area contributed by atoms with E-state index in [9.17, 15) is 14.0 Å². The summed E-state index contributed by atoms with van der Waals surface area (Å²) in [6.45, 7) is 4.53. The first-order valence-corrected chi connectivity index (χ1v) is 11.0. The molecule has 34 heavy (non-hydrogen) atoms. The van der Waals surface area contributed by atoms with Gasteiger partial charge < -0.3 is 15.1 Å². The van der Waals surface area contributed by atoms with Gasteiger partial charge in [-0.1, -0.05) is 18.2 Å². The Morgan fingerprint density at radius 3 is 2.53 bits per heavy atom. The van der Waals surface area contributed by atoms with E-state index in [4.69, 9.17) is 0 Å². The molecule has 1 aliphatic heterocycles. The molecular formula is C24H24FN7O2. The van der Waals surface area contributed by atoms with Crippen LogP contribution in [-0.4, -0.2) is 51.3 Å². The van der Waals surface area contributed by atoms with Crippen LogP contribution in [0.3, 0.4) is 0 Å². The van der Waals surface area contributed by atoms with Crippen LogP contribution in [0.1, 0.15) is 5.56 Å². The Hall–Kier alpha value is -4.21. The number of nitrogens with zero attached hydrogens (tertiary/aromatic N) is 6. The number of hydrogen-bond acceptors (Lipinski definition) is 6. The first kappa shape index (κ1) is 21.6. The van der Waals surface area contributed by atoms with Crippen molar-refractivity contribution < 1.29 is 9.18 Å². The summed E-state index contributed by atoms with van der Waals surface area (Å²) < 4.78 is 15.8. The second kappa shape index (κ2) is 8.97. The molecule has 0 aliphatic carbocycles. The molecule has 10 heteroatoms. The first-order chi connectivity index (χ1) is 16.5. The number of benzene rings is 2. The molecule has 0 unspecified atom stereocenters. The number of carbonyl (C=O) groups excluding carboxylic acids is 1. The third kappa shape index (κ3) is 4.21. The topological polar surface area (TPSA) is 87.8 Å². The van der Waals surface area contributed by atoms with Crippen molar-refractivity contribution in [3.05, 3.63) is 82.8 Å². The quantitative estimate of drug-likeness (QED) is 0.491. The number of nitrogens with one attached hydrogen (secondary N) is 1. The van der Waals surface area contributed by atoms with Crippen molar-refractivity contribution in [2.75, 3.05) is 41.3 Å². The molecule has 1 amide bonds. The average molecular weight is 462 g/mol. The molecule has 2 aromatic carbocycles. The Bertz CT molecular complexity index is 1390. The van der Waals surface area contributed by atoms with E-state index in [2.05, 4.69) is 37.3 Å². The average Bonchev–Trinajstić information content (AvgIpc) is 3.17. The lowest BCUT2D eigenvalue weighted by atomic mass is 10.2. The summed E-state index contributed by atoms with van der Waals surface area (Å²) in [7, 11) is 0. The maximum atomic E-state index is 13.3. The van der Waals surface area contributed by atoms with Crippen LogP contribution in [-0.2, 0) is 11.3 Å². The highest BCUT2D eigenvalue weighted by Gasteiger charge is 2.23. The molecular weight excluding hydrogens is 437 g/mol. The van der Waals surface area contributed by atoms with Gasteiger partial charge in [0, 0.05) is 49.9 Å². The number of rotatable bonds is 5. The third-order valence-electron chi connectivity index (χ3n) is 5.94. The van der Waals surface area contributed by atoms with Crippen LogP contribution in [0.5, 0.6) is 0 Å². The van der Waals surface area contributed by atoms with Gasteiger partial charge in [-0.3, -0.25) is 4.79 Å². The highest BCUT2D eigenvalue weighted by atomic mass is 19.1. The maximum absolute atomic E-state index is 13.3. The minimum atomic E-state index is -0.425. The third-order valence-corrected chi connectivity index (χ3v) is 5.94. The van der Waals surface area contributed by atoms with Gasteiger partial charge >= 0.3 is 5.69 Å². The number of aryl methyl sites for hydroxylation is 1. The molecule has 1 fully saturated rings. The summed E-state index contributed by atoms with van der Waals surface area (Å²) >= 11 is 0. The van der Waals surface area contributed by atoms with Gasteiger partial charge in [0.25, 0.3) is 0 Å². The number of hydrogen-bond donors (Lipinski definition) is 1. The molecule has 5 rings (SSSR count). The molecule has 1 aliphatic rings. The van der Waals surface area contributed by atoms with Crippen LogP contribution in [0.2, 0.25) is 0 Å². The van der Waals surface area contributed by atoms with E-state index in [0.29, 0.717) is 22.7 Å². The van der Waals surface area contributed by atoms with Gasteiger partial charge in [-0.05, 0) is 42.8 Å². The van der Waals surface area contributed by atoms with Gasteiger partial charge in [-0.25, -0.2) is 23.3 Å². The van der Waals surface area contributed by atoms with Crippen molar-refractivity contribution in [2.45, 2.75) is 13.5 Å². The summed E-state index contributed by atoms with van der Waals surface area (Å²) in [6, 6.07) is 14.3. The van der Waals surface area contributed by atoms with Gasteiger partial charge in [-0.15, -0.1) is 5.10 Å². The summed E-state index contributed by atoms with van der Waals surface area (Å²) in [6.07, 6.45) is 3.12. The molecule has 2 aromatic heterocycles. The van der Waals surface area contributed by atoms with E-state index in [-0.39, 0.29) is 12.4 Å². The van der Waals surface area contributed by atoms with E-state index in [1.165, 1.54) is 28.3 Å². The predicted octanol–water partition coefficient (Wildman–Crippen LogP) is 2.30. The second-order valence-electron chi connectivity index (χ2n) is 8.20. The number of anilines is 3. The second-order valence-corrected chi connectivity index (χ2v) is 8.20. The van der Waals surface area contributed by atoms with Gasteiger partial charge in [-0.2, -0.15) is 0 Å². The van der Waals surface area contributed by atoms with Crippen LogP contribution in [0.4, 0.5) is 21.6 Å². The Balaban J connectivity index is 1.33. The zero-order valence-corrected chi connectivity index (χ0v) is 18.7. The maximum Gasteiger partial charge on any atom is 0.350 e. The van der Waals surface area contributed by atoms with Gasteiger partial charge in [0.15, 0.2) is 5.82 Å². The lowest BCUT2D eigenvalue weighted by Gasteiger charge is -2.36. The molecule has 3 heterocycles. The van der Waals surface area contributed by atoms with Crippen LogP contribution < -0.4 is 20.8 Å². The van der Waals surface area contributed by atoms with Crippen molar-refractivity contribution in [1.29, 1.82) is 0 Å². The standard InChI is InChI=1S/C24H24FN7O2/c1-17-15-18(25)7-8-20(17)27-21(33)16-32-24(34)31-10-9-26-22(23(31)28-32)30-13-11-29(12-14-30)19-5-3-2-4-6-19/h2-10,15H,11-14,16H2,1H3,(H,27,33). The predicted molar refractivity (Wildman–Crippen MR) is 128 cm³/mol. The zero-order chi connectivity index (χ0) is 23.7. The number of carbonyl (C=O) groups is 1. The number of para-hydroxylation sites is 1. The molecule has 4 aromatic rings. The summed E-state index contributed by atoms with van der Waals surface area (Å²) in [5, 5.41) is 7.12. The van der Waals surface area contributed by atoms with Crippen LogP contribution in [0.25, 0.3) is 5.65 Å². The van der Waals surface area contributed by atoms with Crippen LogP contribution in [0.15, 0.2) is 65.7 Å². The minimum Gasteiger partial charge on any atom is -0.368 e. The fourth-order valence-electron chi connectivity index (χ4n) is 4.17. The minimum absolute atomic E-state index is 0.265. The summed E-state index contributed by atoms with van der Waals surface area (Å²) in [4.78, 5) is 34.3. The largest absolute Gasteiger partial charge is 0.368 e. The highest BCUT2D eigenvalue weighted by molar-refractivity contribution is 5.91. The summed E-state index contributed by atoms with van der Waals surface area (Å²) in [5.41, 5.74) is 2.24. The molecule has 9 nitrogen and oxygen atoms in total. The Morgan fingerprint density at radius 2 is 1.79 bits per heavy atom. The van der Waals surface area contributed by atoms with Crippen molar-refractivity contribution in [1.82, 2.24) is 19.2 Å². The Morgan fingerprint density at radius 1 is 1.06 bits per heavy atom. The number of halogens is 1. The van der Waals surface area contributed by atoms with E-state index in [0.717, 1.165) is 30.9 Å². The van der Waals surface area contributed by atoms with E-state index >= 15 is 0 Å². The Kier molecular flexibility index (Phi) is 5.70. The highest BCUT2D eigenvalue weighted by Crippen LogP contribution is 2.21. The number of aromatic nitrogens is 4. The van der Waals surface area contributed by atoms with E-state index in [1.807, 2.05) is 18.2 Å². The van der Waals surface area contributed by atoms with Gasteiger partial charge in [0.2, 0.25) is 11.6 Å². The van der Waals surface area contributed by atoms with Gasteiger partial charge in [0.1, 0.15) is 12.4 Å². The molecule has 0 atom stereocenters. The fourth-order valence-corrected chi connectivity index (χ4v) is 4.17. The lowest BCUT2D eigenvalue weighted by Crippen LogP contribution is -2.47. The molecule has 0 spiro atoms. The van der Waals surface area contributed by atoms with Crippen molar-refractivity contribution in [3.8, 4) is 0 Å². The molecule has 0 saturated carbocycles.